The van der Waals surface area contributed by atoms with Crippen LogP contribution in [0.1, 0.15) is 38.7 Å². The third-order valence-corrected chi connectivity index (χ3v) is 5.91. The lowest BCUT2D eigenvalue weighted by Crippen LogP contribution is -2.13. The number of aliphatic hydroxyl groups is 1. The molecule has 0 radical (unpaired) electrons. The second-order valence-electron chi connectivity index (χ2n) is 8.96. The van der Waals surface area contributed by atoms with Gasteiger partial charge in [-0.3, -0.25) is 0 Å². The zero-order valence-electron chi connectivity index (χ0n) is 21.9. The number of carbonyl (C=O) groups excluding carboxylic acids is 1. The van der Waals surface area contributed by atoms with Gasteiger partial charge in [0.25, 0.3) is 0 Å². The summed E-state index contributed by atoms with van der Waals surface area (Å²) >= 11 is 0. The first kappa shape index (κ1) is 28.9. The van der Waals surface area contributed by atoms with E-state index in [-0.39, 0.29) is 37.8 Å². The van der Waals surface area contributed by atoms with E-state index in [4.69, 9.17) is 19.3 Å². The molecule has 0 aliphatic heterocycles. The maximum atomic E-state index is 15.3. The Hall–Kier alpha value is -3.71. The topological polar surface area (TPSA) is 65.0 Å². The first-order valence-electron chi connectivity index (χ1n) is 12.8. The Morgan fingerprint density at radius 2 is 1.50 bits per heavy atom. The van der Waals surface area contributed by atoms with Crippen molar-refractivity contribution in [3.63, 3.8) is 0 Å². The fourth-order valence-electron chi connectivity index (χ4n) is 3.92. The van der Waals surface area contributed by atoms with Crippen molar-refractivity contribution in [2.45, 2.75) is 39.5 Å². The maximum absolute atomic E-state index is 15.3. The Balaban J connectivity index is 1.80. The van der Waals surface area contributed by atoms with Crippen LogP contribution in [0.25, 0.3) is 22.3 Å². The van der Waals surface area contributed by atoms with Gasteiger partial charge in [0.2, 0.25) is 0 Å². The lowest BCUT2D eigenvalue weighted by Gasteiger charge is -2.15. The molecule has 0 aromatic heterocycles. The van der Waals surface area contributed by atoms with Gasteiger partial charge in [0.05, 0.1) is 6.61 Å². The maximum Gasteiger partial charge on any atom is 0.333 e. The molecule has 202 valence electrons. The molecule has 3 aromatic rings. The summed E-state index contributed by atoms with van der Waals surface area (Å²) in [5, 5.41) is 9.11. The lowest BCUT2D eigenvalue weighted by atomic mass is 9.97. The van der Waals surface area contributed by atoms with Crippen molar-refractivity contribution in [1.82, 2.24) is 0 Å². The van der Waals surface area contributed by atoms with Crippen LogP contribution in [-0.2, 0) is 16.0 Å². The van der Waals surface area contributed by atoms with Gasteiger partial charge in [0.1, 0.15) is 31.5 Å². The van der Waals surface area contributed by atoms with Crippen LogP contribution in [0.5, 0.6) is 11.5 Å². The minimum Gasteiger partial charge on any atom is -0.487 e. The second kappa shape index (κ2) is 14.3. The molecule has 0 heterocycles. The van der Waals surface area contributed by atoms with E-state index in [0.29, 0.717) is 33.8 Å². The van der Waals surface area contributed by atoms with Crippen LogP contribution in [0.15, 0.2) is 66.7 Å². The molecule has 0 saturated heterocycles. The van der Waals surface area contributed by atoms with Gasteiger partial charge in [-0.1, -0.05) is 56.7 Å². The number of ether oxygens (including phenoxy) is 3. The van der Waals surface area contributed by atoms with Crippen molar-refractivity contribution in [3.05, 3.63) is 83.9 Å². The van der Waals surface area contributed by atoms with Crippen molar-refractivity contribution in [3.8, 4) is 33.8 Å². The summed E-state index contributed by atoms with van der Waals surface area (Å²) in [4.78, 5) is 11.6. The van der Waals surface area contributed by atoms with Crippen LogP contribution in [-0.4, -0.2) is 37.5 Å². The summed E-state index contributed by atoms with van der Waals surface area (Å²) in [6.07, 6.45) is 4.02. The van der Waals surface area contributed by atoms with Crippen LogP contribution in [0.2, 0.25) is 0 Å². The smallest absolute Gasteiger partial charge is 0.333 e. The standard InChI is InChI=1S/C31H34F2O5/c1-4-5-6-7-22-8-11-25(27(32)18-22)23-9-12-26(28(33)19-23)24-10-13-29(36-15-14-34)30(20-24)37-16-17-38-31(35)21(2)3/h8-13,18-20,34H,2,4-7,14-17H2,1,3H3. The SMILES string of the molecule is C=C(C)C(=O)OCCOc1cc(-c2ccc(-c3ccc(CCCCC)cc3F)cc2F)ccc1OCCO. The second-order valence-corrected chi connectivity index (χ2v) is 8.96. The molecule has 0 aliphatic carbocycles. The van der Waals surface area contributed by atoms with Gasteiger partial charge in [-0.15, -0.1) is 0 Å². The highest BCUT2D eigenvalue weighted by atomic mass is 19.1. The van der Waals surface area contributed by atoms with Gasteiger partial charge in [-0.2, -0.15) is 0 Å². The highest BCUT2D eigenvalue weighted by Gasteiger charge is 2.14. The van der Waals surface area contributed by atoms with E-state index in [1.54, 1.807) is 43.3 Å². The predicted molar refractivity (Wildman–Crippen MR) is 144 cm³/mol. The van der Waals surface area contributed by atoms with Gasteiger partial charge in [0.15, 0.2) is 11.5 Å². The summed E-state index contributed by atoms with van der Waals surface area (Å²) in [7, 11) is 0. The Morgan fingerprint density at radius 3 is 2.16 bits per heavy atom. The van der Waals surface area contributed by atoms with Crippen LogP contribution < -0.4 is 9.47 Å². The number of halogens is 2. The number of esters is 1. The van der Waals surface area contributed by atoms with E-state index >= 15 is 4.39 Å². The Labute approximate surface area is 222 Å². The molecular weight excluding hydrogens is 490 g/mol. The first-order valence-corrected chi connectivity index (χ1v) is 12.8. The van der Waals surface area contributed by atoms with Gasteiger partial charge in [0, 0.05) is 16.7 Å². The van der Waals surface area contributed by atoms with Crippen molar-refractivity contribution >= 4 is 5.97 Å². The first-order chi connectivity index (χ1) is 18.3. The molecular formula is C31H34F2O5. The number of carbonyl (C=O) groups is 1. The molecule has 0 spiro atoms. The molecule has 0 saturated carbocycles. The molecule has 0 aliphatic rings. The average Bonchev–Trinajstić information content (AvgIpc) is 2.90. The molecule has 7 heteroatoms. The van der Waals surface area contributed by atoms with Crippen molar-refractivity contribution in [1.29, 1.82) is 0 Å². The molecule has 0 atom stereocenters. The van der Waals surface area contributed by atoms with Crippen LogP contribution in [0.3, 0.4) is 0 Å². The molecule has 0 fully saturated rings. The summed E-state index contributed by atoms with van der Waals surface area (Å²) in [6, 6.07) is 14.6. The van der Waals surface area contributed by atoms with E-state index in [9.17, 15) is 9.18 Å². The van der Waals surface area contributed by atoms with Gasteiger partial charge < -0.3 is 19.3 Å². The molecule has 0 bridgehead atoms. The van der Waals surface area contributed by atoms with Crippen LogP contribution in [0.4, 0.5) is 8.78 Å². The third kappa shape index (κ3) is 7.89. The zero-order chi connectivity index (χ0) is 27.5. The van der Waals surface area contributed by atoms with E-state index in [1.807, 2.05) is 6.07 Å². The largest absolute Gasteiger partial charge is 0.487 e. The highest BCUT2D eigenvalue weighted by Crippen LogP contribution is 2.35. The van der Waals surface area contributed by atoms with Gasteiger partial charge >= 0.3 is 5.97 Å². The number of benzene rings is 3. The van der Waals surface area contributed by atoms with Crippen molar-refractivity contribution < 1.29 is 32.9 Å². The molecule has 3 rings (SSSR count). The van der Waals surface area contributed by atoms with E-state index in [0.717, 1.165) is 31.2 Å². The Kier molecular flexibility index (Phi) is 10.8. The highest BCUT2D eigenvalue weighted by molar-refractivity contribution is 5.86. The molecule has 5 nitrogen and oxygen atoms in total. The van der Waals surface area contributed by atoms with E-state index < -0.39 is 11.8 Å². The fourth-order valence-corrected chi connectivity index (χ4v) is 3.92. The quantitative estimate of drug-likeness (QED) is 0.141. The van der Waals surface area contributed by atoms with Gasteiger partial charge in [-0.05, 0) is 60.7 Å². The number of rotatable bonds is 14. The molecule has 0 amide bonds. The molecule has 0 unspecified atom stereocenters. The van der Waals surface area contributed by atoms with Gasteiger partial charge in [-0.25, -0.2) is 13.6 Å². The van der Waals surface area contributed by atoms with Crippen LogP contribution in [0, 0.1) is 11.6 Å². The normalized spacial score (nSPS) is 10.8. The number of hydrogen-bond donors (Lipinski definition) is 1. The molecule has 38 heavy (non-hydrogen) atoms. The predicted octanol–water partition coefficient (Wildman–Crippen LogP) is 6.90. The average molecular weight is 525 g/mol. The fraction of sp³-hybridized carbons (Fsp3) is 0.323. The number of hydrogen-bond acceptors (Lipinski definition) is 5. The summed E-state index contributed by atoms with van der Waals surface area (Å²) in [6.45, 7) is 7.08. The Bertz CT molecular complexity index is 1260. The summed E-state index contributed by atoms with van der Waals surface area (Å²) in [5.41, 5.74) is 2.82. The Morgan fingerprint density at radius 1 is 0.842 bits per heavy atom. The van der Waals surface area contributed by atoms with E-state index in [2.05, 4.69) is 13.5 Å². The summed E-state index contributed by atoms with van der Waals surface area (Å²) < 4.78 is 46.4. The van der Waals surface area contributed by atoms with Crippen molar-refractivity contribution in [2.75, 3.05) is 26.4 Å². The third-order valence-electron chi connectivity index (χ3n) is 5.91. The molecule has 3 aromatic carbocycles. The number of aryl methyl sites for hydroxylation is 1. The van der Waals surface area contributed by atoms with Crippen LogP contribution >= 0.6 is 0 Å². The lowest BCUT2D eigenvalue weighted by molar-refractivity contribution is -0.139. The monoisotopic (exact) mass is 524 g/mol. The number of unbranched alkanes of at least 4 members (excludes halogenated alkanes) is 2. The minimum atomic E-state index is -0.524. The minimum absolute atomic E-state index is 0.0125. The van der Waals surface area contributed by atoms with Crippen molar-refractivity contribution in [2.24, 2.45) is 0 Å². The van der Waals surface area contributed by atoms with E-state index in [1.165, 1.54) is 12.1 Å². The summed E-state index contributed by atoms with van der Waals surface area (Å²) in [5.74, 6) is -0.759. The zero-order valence-corrected chi connectivity index (χ0v) is 21.9. The molecule has 1 N–H and O–H groups in total. The number of aliphatic hydroxyl groups excluding tert-OH is 1.